The highest BCUT2D eigenvalue weighted by molar-refractivity contribution is 5.98. The number of ether oxygens (including phenoxy) is 2. The number of carbonyl (C=O) groups is 2. The van der Waals surface area contributed by atoms with E-state index in [0.717, 1.165) is 16.7 Å². The van der Waals surface area contributed by atoms with E-state index in [2.05, 4.69) is 5.32 Å². The van der Waals surface area contributed by atoms with E-state index in [1.54, 1.807) is 6.07 Å². The van der Waals surface area contributed by atoms with Crippen LogP contribution in [0.3, 0.4) is 0 Å². The highest BCUT2D eigenvalue weighted by Gasteiger charge is 2.19. The Morgan fingerprint density at radius 2 is 1.55 bits per heavy atom. The van der Waals surface area contributed by atoms with Crippen molar-refractivity contribution in [3.05, 3.63) is 84.4 Å². The van der Waals surface area contributed by atoms with Crippen molar-refractivity contribution >= 4 is 17.6 Å². The summed E-state index contributed by atoms with van der Waals surface area (Å²) in [4.78, 5) is 24.6. The SMILES string of the molecule is Cc1ccccc1OCC(=O)O[C@H](C)C(=O)Nc1ccccc1-c1ccccc1. The van der Waals surface area contributed by atoms with E-state index in [-0.39, 0.29) is 6.61 Å². The van der Waals surface area contributed by atoms with E-state index >= 15 is 0 Å². The van der Waals surface area contributed by atoms with E-state index in [4.69, 9.17) is 9.47 Å². The maximum Gasteiger partial charge on any atom is 0.344 e. The molecule has 5 nitrogen and oxygen atoms in total. The van der Waals surface area contributed by atoms with Crippen LogP contribution in [-0.2, 0) is 14.3 Å². The Morgan fingerprint density at radius 1 is 0.897 bits per heavy atom. The normalized spacial score (nSPS) is 11.4. The van der Waals surface area contributed by atoms with Crippen LogP contribution in [0, 0.1) is 6.92 Å². The second kappa shape index (κ2) is 9.55. The molecule has 0 heterocycles. The minimum absolute atomic E-state index is 0.261. The molecule has 3 rings (SSSR count). The van der Waals surface area contributed by atoms with E-state index in [9.17, 15) is 9.59 Å². The molecule has 0 aliphatic carbocycles. The number of benzene rings is 3. The molecule has 3 aromatic rings. The van der Waals surface area contributed by atoms with Crippen molar-refractivity contribution < 1.29 is 19.1 Å². The zero-order valence-corrected chi connectivity index (χ0v) is 16.4. The largest absolute Gasteiger partial charge is 0.482 e. The first kappa shape index (κ1) is 20.1. The molecule has 1 N–H and O–H groups in total. The number of para-hydroxylation sites is 2. The number of esters is 1. The first-order chi connectivity index (χ1) is 14.0. The summed E-state index contributed by atoms with van der Waals surface area (Å²) in [6, 6.07) is 24.6. The lowest BCUT2D eigenvalue weighted by atomic mass is 10.0. The van der Waals surface area contributed by atoms with Gasteiger partial charge in [0.05, 0.1) is 0 Å². The van der Waals surface area contributed by atoms with Gasteiger partial charge in [-0.25, -0.2) is 4.79 Å². The summed E-state index contributed by atoms with van der Waals surface area (Å²) in [5.74, 6) is -0.400. The number of hydrogen-bond donors (Lipinski definition) is 1. The van der Waals surface area contributed by atoms with Gasteiger partial charge in [0.15, 0.2) is 12.7 Å². The van der Waals surface area contributed by atoms with Crippen LogP contribution in [0.5, 0.6) is 5.75 Å². The summed E-state index contributed by atoms with van der Waals surface area (Å²) in [7, 11) is 0. The fourth-order valence-electron chi connectivity index (χ4n) is 2.84. The second-order valence-corrected chi connectivity index (χ2v) is 6.59. The third-order valence-electron chi connectivity index (χ3n) is 4.39. The van der Waals surface area contributed by atoms with Gasteiger partial charge in [-0.15, -0.1) is 0 Å². The Bertz CT molecular complexity index is 985. The average molecular weight is 389 g/mol. The number of hydrogen-bond acceptors (Lipinski definition) is 4. The van der Waals surface area contributed by atoms with Crippen LogP contribution >= 0.6 is 0 Å². The summed E-state index contributed by atoms with van der Waals surface area (Å²) in [6.07, 6.45) is -0.952. The van der Waals surface area contributed by atoms with Gasteiger partial charge in [-0.2, -0.15) is 0 Å². The minimum atomic E-state index is -0.952. The van der Waals surface area contributed by atoms with Gasteiger partial charge < -0.3 is 14.8 Å². The Kier molecular flexibility index (Phi) is 6.63. The Hall–Kier alpha value is -3.60. The molecular formula is C24H23NO4. The lowest BCUT2D eigenvalue weighted by Gasteiger charge is -2.16. The first-order valence-electron chi connectivity index (χ1n) is 9.38. The minimum Gasteiger partial charge on any atom is -0.482 e. The fourth-order valence-corrected chi connectivity index (χ4v) is 2.84. The van der Waals surface area contributed by atoms with Crippen LogP contribution < -0.4 is 10.1 Å². The smallest absolute Gasteiger partial charge is 0.344 e. The third kappa shape index (κ3) is 5.45. The molecule has 0 unspecified atom stereocenters. The van der Waals surface area contributed by atoms with E-state index in [1.165, 1.54) is 6.92 Å². The maximum atomic E-state index is 12.5. The molecule has 0 fully saturated rings. The van der Waals surface area contributed by atoms with Crippen molar-refractivity contribution in [2.75, 3.05) is 11.9 Å². The summed E-state index contributed by atoms with van der Waals surface area (Å²) in [6.45, 7) is 3.16. The molecule has 0 aliphatic rings. The molecule has 0 saturated heterocycles. The lowest BCUT2D eigenvalue weighted by Crippen LogP contribution is -2.31. The van der Waals surface area contributed by atoms with Crippen LogP contribution in [0.2, 0.25) is 0 Å². The maximum absolute atomic E-state index is 12.5. The third-order valence-corrected chi connectivity index (χ3v) is 4.39. The van der Waals surface area contributed by atoms with Crippen molar-refractivity contribution in [1.29, 1.82) is 0 Å². The molecule has 0 spiro atoms. The van der Waals surface area contributed by atoms with Crippen LogP contribution in [0.1, 0.15) is 12.5 Å². The van der Waals surface area contributed by atoms with Crippen LogP contribution in [0.4, 0.5) is 5.69 Å². The predicted molar refractivity (Wildman–Crippen MR) is 113 cm³/mol. The van der Waals surface area contributed by atoms with Gasteiger partial charge in [0.2, 0.25) is 0 Å². The number of carbonyl (C=O) groups excluding carboxylic acids is 2. The molecule has 1 atom stereocenters. The van der Waals surface area contributed by atoms with Crippen LogP contribution in [0.25, 0.3) is 11.1 Å². The molecule has 0 aliphatic heterocycles. The summed E-state index contributed by atoms with van der Waals surface area (Å²) in [5.41, 5.74) is 3.45. The highest BCUT2D eigenvalue weighted by atomic mass is 16.6. The number of rotatable bonds is 7. The van der Waals surface area contributed by atoms with Gasteiger partial charge in [-0.05, 0) is 37.1 Å². The molecule has 0 radical (unpaired) electrons. The van der Waals surface area contributed by atoms with Crippen molar-refractivity contribution in [1.82, 2.24) is 0 Å². The van der Waals surface area contributed by atoms with Gasteiger partial charge in [-0.3, -0.25) is 4.79 Å². The van der Waals surface area contributed by atoms with E-state index in [1.807, 2.05) is 79.7 Å². The number of aryl methyl sites for hydroxylation is 1. The average Bonchev–Trinajstić information content (AvgIpc) is 2.74. The van der Waals surface area contributed by atoms with Crippen molar-refractivity contribution in [3.8, 4) is 16.9 Å². The van der Waals surface area contributed by atoms with Crippen molar-refractivity contribution in [2.45, 2.75) is 20.0 Å². The Balaban J connectivity index is 1.59. The standard InChI is InChI=1S/C24H23NO4/c1-17-10-6-9-15-22(17)28-16-23(26)29-18(2)24(27)25-21-14-8-7-13-20(21)19-11-4-3-5-12-19/h3-15,18H,16H2,1-2H3,(H,25,27)/t18-/m1/s1. The molecule has 5 heteroatoms. The lowest BCUT2D eigenvalue weighted by molar-refractivity contribution is -0.155. The van der Waals surface area contributed by atoms with Gasteiger partial charge in [0.1, 0.15) is 5.75 Å². The number of nitrogens with one attached hydrogen (secondary N) is 1. The van der Waals surface area contributed by atoms with Crippen LogP contribution in [0.15, 0.2) is 78.9 Å². The highest BCUT2D eigenvalue weighted by Crippen LogP contribution is 2.27. The molecule has 0 aromatic heterocycles. The second-order valence-electron chi connectivity index (χ2n) is 6.59. The van der Waals surface area contributed by atoms with Crippen LogP contribution in [-0.4, -0.2) is 24.6 Å². The summed E-state index contributed by atoms with van der Waals surface area (Å²) < 4.78 is 10.7. The molecular weight excluding hydrogens is 366 g/mol. The monoisotopic (exact) mass is 389 g/mol. The Morgan fingerprint density at radius 3 is 2.31 bits per heavy atom. The van der Waals surface area contributed by atoms with Crippen molar-refractivity contribution in [3.63, 3.8) is 0 Å². The zero-order valence-electron chi connectivity index (χ0n) is 16.4. The quantitative estimate of drug-likeness (QED) is 0.599. The number of anilines is 1. The predicted octanol–water partition coefficient (Wildman–Crippen LogP) is 4.61. The van der Waals surface area contributed by atoms with E-state index in [0.29, 0.717) is 11.4 Å². The first-order valence-corrected chi connectivity index (χ1v) is 9.38. The van der Waals surface area contributed by atoms with Crippen molar-refractivity contribution in [2.24, 2.45) is 0 Å². The van der Waals surface area contributed by atoms with E-state index < -0.39 is 18.0 Å². The molecule has 0 bridgehead atoms. The summed E-state index contributed by atoms with van der Waals surface area (Å²) in [5, 5.41) is 2.84. The topological polar surface area (TPSA) is 64.6 Å². The van der Waals surface area contributed by atoms with Gasteiger partial charge in [0, 0.05) is 11.3 Å². The molecule has 0 saturated carbocycles. The molecule has 148 valence electrons. The molecule has 29 heavy (non-hydrogen) atoms. The molecule has 3 aromatic carbocycles. The van der Waals surface area contributed by atoms with Gasteiger partial charge >= 0.3 is 5.97 Å². The fraction of sp³-hybridized carbons (Fsp3) is 0.167. The van der Waals surface area contributed by atoms with Gasteiger partial charge in [0.25, 0.3) is 5.91 Å². The Labute approximate surface area is 170 Å². The number of amides is 1. The summed E-state index contributed by atoms with van der Waals surface area (Å²) >= 11 is 0. The molecule has 1 amide bonds. The zero-order chi connectivity index (χ0) is 20.6. The van der Waals surface area contributed by atoms with Gasteiger partial charge in [-0.1, -0.05) is 66.7 Å².